The van der Waals surface area contributed by atoms with E-state index >= 15 is 0 Å². The highest BCUT2D eigenvalue weighted by molar-refractivity contribution is 7.98. The number of carbonyl (C=O) groups excluding carboxylic acids is 1. The molecule has 4 rings (SSSR count). The number of hydrogen-bond donors (Lipinski definition) is 1. The molecule has 0 aliphatic carbocycles. The molecule has 0 atom stereocenters. The average molecular weight is 408 g/mol. The standard InChI is InChI=1S/C21H17N3O2S2/c1-14-8-10-15(11-9-14)20(25)22-16-5-2-3-6-17(16)28-13-19-23-21(26-24-19)18-7-4-12-27-18/h2-12H,13H2,1H3,(H,22,25). The third-order valence-electron chi connectivity index (χ3n) is 4.01. The lowest BCUT2D eigenvalue weighted by molar-refractivity contribution is 0.102. The number of hydrogen-bond acceptors (Lipinski definition) is 6. The molecule has 2 aromatic heterocycles. The van der Waals surface area contributed by atoms with Crippen LogP contribution in [0.25, 0.3) is 10.8 Å². The zero-order valence-corrected chi connectivity index (χ0v) is 16.7. The fourth-order valence-electron chi connectivity index (χ4n) is 2.55. The van der Waals surface area contributed by atoms with Crippen LogP contribution in [0.1, 0.15) is 21.7 Å². The normalized spacial score (nSPS) is 10.8. The quantitative estimate of drug-likeness (QED) is 0.418. The topological polar surface area (TPSA) is 68.0 Å². The summed E-state index contributed by atoms with van der Waals surface area (Å²) in [5, 5.41) is 9.01. The third kappa shape index (κ3) is 4.32. The van der Waals surface area contributed by atoms with Crippen molar-refractivity contribution in [3.63, 3.8) is 0 Å². The number of anilines is 1. The minimum Gasteiger partial charge on any atom is -0.333 e. The van der Waals surface area contributed by atoms with Crippen LogP contribution in [-0.4, -0.2) is 16.0 Å². The first kappa shape index (κ1) is 18.5. The van der Waals surface area contributed by atoms with E-state index in [4.69, 9.17) is 4.52 Å². The molecule has 0 aliphatic heterocycles. The summed E-state index contributed by atoms with van der Waals surface area (Å²) < 4.78 is 5.33. The van der Waals surface area contributed by atoms with Crippen molar-refractivity contribution in [2.75, 3.05) is 5.32 Å². The van der Waals surface area contributed by atoms with Gasteiger partial charge in [0.2, 0.25) is 0 Å². The van der Waals surface area contributed by atoms with Gasteiger partial charge >= 0.3 is 0 Å². The predicted octanol–water partition coefficient (Wildman–Crippen LogP) is 5.65. The summed E-state index contributed by atoms with van der Waals surface area (Å²) in [7, 11) is 0. The van der Waals surface area contributed by atoms with Crippen molar-refractivity contribution in [2.45, 2.75) is 17.6 Å². The summed E-state index contributed by atoms with van der Waals surface area (Å²) in [6.07, 6.45) is 0. The van der Waals surface area contributed by atoms with Crippen molar-refractivity contribution < 1.29 is 9.32 Å². The Labute approximate surface area is 170 Å². The first-order valence-corrected chi connectivity index (χ1v) is 10.5. The molecular formula is C21H17N3O2S2. The number of para-hydroxylation sites is 1. The number of thiophene rings is 1. The van der Waals surface area contributed by atoms with Gasteiger partial charge in [-0.25, -0.2) is 0 Å². The fraction of sp³-hybridized carbons (Fsp3) is 0.0952. The summed E-state index contributed by atoms with van der Waals surface area (Å²) >= 11 is 3.12. The van der Waals surface area contributed by atoms with E-state index in [9.17, 15) is 4.79 Å². The number of rotatable bonds is 6. The van der Waals surface area contributed by atoms with Gasteiger partial charge in [0.15, 0.2) is 5.82 Å². The predicted molar refractivity (Wildman–Crippen MR) is 113 cm³/mol. The smallest absolute Gasteiger partial charge is 0.268 e. The summed E-state index contributed by atoms with van der Waals surface area (Å²) in [6.45, 7) is 2.00. The molecule has 5 nitrogen and oxygen atoms in total. The van der Waals surface area contributed by atoms with Gasteiger partial charge in [0, 0.05) is 10.5 Å². The minimum absolute atomic E-state index is 0.132. The maximum absolute atomic E-state index is 12.5. The van der Waals surface area contributed by atoms with Crippen LogP contribution in [0, 0.1) is 6.92 Å². The molecule has 2 heterocycles. The number of thioether (sulfide) groups is 1. The largest absolute Gasteiger partial charge is 0.333 e. The second-order valence-electron chi connectivity index (χ2n) is 6.10. The van der Waals surface area contributed by atoms with Gasteiger partial charge in [-0.2, -0.15) is 4.98 Å². The summed E-state index contributed by atoms with van der Waals surface area (Å²) in [4.78, 5) is 18.9. The Bertz CT molecular complexity index is 1070. The van der Waals surface area contributed by atoms with Crippen LogP contribution < -0.4 is 5.32 Å². The van der Waals surface area contributed by atoms with Crippen LogP contribution in [0.2, 0.25) is 0 Å². The molecule has 0 bridgehead atoms. The zero-order valence-electron chi connectivity index (χ0n) is 15.1. The number of aromatic nitrogens is 2. The second-order valence-corrected chi connectivity index (χ2v) is 8.06. The Balaban J connectivity index is 1.44. The van der Waals surface area contributed by atoms with E-state index in [0.29, 0.717) is 23.0 Å². The van der Waals surface area contributed by atoms with E-state index < -0.39 is 0 Å². The van der Waals surface area contributed by atoms with Crippen molar-refractivity contribution in [1.29, 1.82) is 0 Å². The second kappa shape index (κ2) is 8.41. The van der Waals surface area contributed by atoms with Crippen molar-refractivity contribution >= 4 is 34.7 Å². The maximum atomic E-state index is 12.5. The van der Waals surface area contributed by atoms with E-state index in [1.807, 2.05) is 73.0 Å². The molecule has 28 heavy (non-hydrogen) atoms. The lowest BCUT2D eigenvalue weighted by Gasteiger charge is -2.10. The van der Waals surface area contributed by atoms with Crippen molar-refractivity contribution in [2.24, 2.45) is 0 Å². The average Bonchev–Trinajstić information content (AvgIpc) is 3.39. The van der Waals surface area contributed by atoms with Crippen LogP contribution in [-0.2, 0) is 5.75 Å². The molecule has 0 saturated carbocycles. The van der Waals surface area contributed by atoms with Crippen LogP contribution >= 0.6 is 23.1 Å². The zero-order chi connectivity index (χ0) is 19.3. The van der Waals surface area contributed by atoms with Gasteiger partial charge < -0.3 is 9.84 Å². The highest BCUT2D eigenvalue weighted by Gasteiger charge is 2.12. The number of nitrogens with one attached hydrogen (secondary N) is 1. The van der Waals surface area contributed by atoms with Gasteiger partial charge in [-0.1, -0.05) is 41.1 Å². The fourth-order valence-corrected chi connectivity index (χ4v) is 4.05. The Kier molecular flexibility index (Phi) is 5.55. The van der Waals surface area contributed by atoms with Crippen LogP contribution in [0.15, 0.2) is 75.5 Å². The Morgan fingerprint density at radius 1 is 1.11 bits per heavy atom. The number of amides is 1. The first-order chi connectivity index (χ1) is 13.7. The summed E-state index contributed by atoms with van der Waals surface area (Å²) in [5.41, 5.74) is 2.51. The van der Waals surface area contributed by atoms with Crippen molar-refractivity contribution in [1.82, 2.24) is 10.1 Å². The van der Waals surface area contributed by atoms with E-state index in [2.05, 4.69) is 15.5 Å². The highest BCUT2D eigenvalue weighted by atomic mass is 32.2. The van der Waals surface area contributed by atoms with E-state index in [1.54, 1.807) is 23.1 Å². The molecule has 1 N–H and O–H groups in total. The van der Waals surface area contributed by atoms with Crippen molar-refractivity contribution in [3.8, 4) is 10.8 Å². The van der Waals surface area contributed by atoms with E-state index in [1.165, 1.54) is 0 Å². The molecule has 0 fully saturated rings. The third-order valence-corrected chi connectivity index (χ3v) is 5.93. The molecule has 0 unspecified atom stereocenters. The number of benzene rings is 2. The van der Waals surface area contributed by atoms with Crippen LogP contribution in [0.4, 0.5) is 5.69 Å². The van der Waals surface area contributed by atoms with Gasteiger partial charge in [-0.15, -0.1) is 23.1 Å². The van der Waals surface area contributed by atoms with Crippen LogP contribution in [0.5, 0.6) is 0 Å². The maximum Gasteiger partial charge on any atom is 0.268 e. The molecule has 1 amide bonds. The lowest BCUT2D eigenvalue weighted by Crippen LogP contribution is -2.12. The van der Waals surface area contributed by atoms with E-state index in [0.717, 1.165) is 21.0 Å². The monoisotopic (exact) mass is 407 g/mol. The van der Waals surface area contributed by atoms with Gasteiger partial charge in [0.1, 0.15) is 0 Å². The van der Waals surface area contributed by atoms with Gasteiger partial charge in [-0.3, -0.25) is 4.79 Å². The minimum atomic E-state index is -0.132. The molecule has 0 radical (unpaired) electrons. The van der Waals surface area contributed by atoms with Gasteiger partial charge in [-0.05, 0) is 42.6 Å². The Hall–Kier alpha value is -2.90. The molecule has 0 saturated heterocycles. The number of carbonyl (C=O) groups is 1. The summed E-state index contributed by atoms with van der Waals surface area (Å²) in [6, 6.07) is 19.1. The van der Waals surface area contributed by atoms with Gasteiger partial charge in [0.05, 0.1) is 16.3 Å². The Morgan fingerprint density at radius 2 is 1.93 bits per heavy atom. The molecule has 0 spiro atoms. The summed E-state index contributed by atoms with van der Waals surface area (Å²) in [5.74, 6) is 1.57. The first-order valence-electron chi connectivity index (χ1n) is 8.65. The molecule has 0 aliphatic rings. The molecule has 140 valence electrons. The molecule has 4 aromatic rings. The Morgan fingerprint density at radius 3 is 2.71 bits per heavy atom. The lowest BCUT2D eigenvalue weighted by atomic mass is 10.1. The van der Waals surface area contributed by atoms with E-state index in [-0.39, 0.29) is 5.91 Å². The highest BCUT2D eigenvalue weighted by Crippen LogP contribution is 2.30. The SMILES string of the molecule is Cc1ccc(C(=O)Nc2ccccc2SCc2noc(-c3cccs3)n2)cc1. The molecule has 7 heteroatoms. The number of aryl methyl sites for hydroxylation is 1. The molecule has 2 aromatic carbocycles. The molecular weight excluding hydrogens is 390 g/mol. The van der Waals surface area contributed by atoms with Crippen molar-refractivity contribution in [3.05, 3.63) is 83.0 Å². The van der Waals surface area contributed by atoms with Crippen LogP contribution in [0.3, 0.4) is 0 Å². The number of nitrogens with zero attached hydrogens (tertiary/aromatic N) is 2. The van der Waals surface area contributed by atoms with Gasteiger partial charge in [0.25, 0.3) is 11.8 Å².